The molecule has 0 saturated heterocycles. The Bertz CT molecular complexity index is 1220. The normalized spacial score (nSPS) is 13.3. The molecule has 3 nitrogen and oxygen atoms in total. The van der Waals surface area contributed by atoms with Crippen LogP contribution in [0.1, 0.15) is 58.6 Å². The Balaban J connectivity index is 1.98. The number of hydrogen-bond acceptors (Lipinski definition) is 3. The summed E-state index contributed by atoms with van der Waals surface area (Å²) in [7, 11) is 0. The molecule has 3 rings (SSSR count). The zero-order valence-corrected chi connectivity index (χ0v) is 20.7. The van der Waals surface area contributed by atoms with Gasteiger partial charge in [0.1, 0.15) is 0 Å². The Hall–Kier alpha value is -3.49. The lowest BCUT2D eigenvalue weighted by Gasteiger charge is -2.13. The maximum absolute atomic E-state index is 13.1. The molecule has 36 heavy (non-hydrogen) atoms. The molecule has 190 valence electrons. The number of aryl methyl sites for hydroxylation is 4. The number of pyridine rings is 1. The molecule has 0 aliphatic carbocycles. The Morgan fingerprint density at radius 2 is 0.917 bits per heavy atom. The lowest BCUT2D eigenvalue weighted by Crippen LogP contribution is -2.07. The highest BCUT2D eigenvalue weighted by molar-refractivity contribution is 6.02. The van der Waals surface area contributed by atoms with Crippen LogP contribution in [0.15, 0.2) is 52.4 Å². The van der Waals surface area contributed by atoms with Gasteiger partial charge in [-0.3, -0.25) is 9.98 Å². The quantitative estimate of drug-likeness (QED) is 0.258. The van der Waals surface area contributed by atoms with Gasteiger partial charge in [-0.15, -0.1) is 0 Å². The van der Waals surface area contributed by atoms with Crippen molar-refractivity contribution in [3.8, 4) is 0 Å². The Kier molecular flexibility index (Phi) is 7.43. The summed E-state index contributed by atoms with van der Waals surface area (Å²) in [4.78, 5) is 13.7. The molecule has 3 aromatic rings. The highest BCUT2D eigenvalue weighted by Gasteiger charge is 2.32. The fourth-order valence-corrected chi connectivity index (χ4v) is 3.88. The summed E-state index contributed by atoms with van der Waals surface area (Å²) in [5.74, 6) is 0. The highest BCUT2D eigenvalue weighted by atomic mass is 19.4. The van der Waals surface area contributed by atoms with Crippen molar-refractivity contribution in [2.24, 2.45) is 9.98 Å². The molecule has 9 heteroatoms. The smallest absolute Gasteiger partial charge is 0.251 e. The molecule has 1 heterocycles. The molecule has 0 aliphatic heterocycles. The highest BCUT2D eigenvalue weighted by Crippen LogP contribution is 2.36. The monoisotopic (exact) mass is 505 g/mol. The van der Waals surface area contributed by atoms with Gasteiger partial charge in [0.05, 0.1) is 45.3 Å². The Morgan fingerprint density at radius 1 is 0.611 bits per heavy atom. The van der Waals surface area contributed by atoms with Crippen molar-refractivity contribution in [3.05, 3.63) is 87.2 Å². The predicted molar refractivity (Wildman–Crippen MR) is 130 cm³/mol. The van der Waals surface area contributed by atoms with Crippen molar-refractivity contribution >= 4 is 22.8 Å². The van der Waals surface area contributed by atoms with Crippen molar-refractivity contribution in [2.45, 2.75) is 53.9 Å². The van der Waals surface area contributed by atoms with Crippen LogP contribution in [-0.2, 0) is 12.4 Å². The van der Waals surface area contributed by atoms with Crippen LogP contribution in [0.2, 0.25) is 0 Å². The molecule has 0 saturated carbocycles. The number of benzene rings is 2. The van der Waals surface area contributed by atoms with E-state index in [0.717, 1.165) is 24.3 Å². The van der Waals surface area contributed by atoms with Crippen molar-refractivity contribution in [2.75, 3.05) is 0 Å². The zero-order valence-electron chi connectivity index (χ0n) is 20.7. The number of halogens is 6. The molecule has 0 unspecified atom stereocenters. The van der Waals surface area contributed by atoms with Crippen molar-refractivity contribution in [3.63, 3.8) is 0 Å². The third-order valence-corrected chi connectivity index (χ3v) is 5.69. The SMILES string of the molecule is CC(=Nc1c(C)cc(C(F)(F)F)cc1C)c1cccc(C(C)=Nc2c(C)cc(C(F)(F)F)cc2C)n1. The van der Waals surface area contributed by atoms with Gasteiger partial charge in [-0.1, -0.05) is 6.07 Å². The van der Waals surface area contributed by atoms with Gasteiger partial charge >= 0.3 is 12.4 Å². The first kappa shape index (κ1) is 27.1. The minimum atomic E-state index is -4.44. The Labute approximate surface area is 205 Å². The second kappa shape index (κ2) is 9.87. The largest absolute Gasteiger partial charge is 0.416 e. The summed E-state index contributed by atoms with van der Waals surface area (Å²) in [6.07, 6.45) is -8.88. The fourth-order valence-electron chi connectivity index (χ4n) is 3.88. The number of aromatic nitrogens is 1. The van der Waals surface area contributed by atoms with Gasteiger partial charge in [-0.25, -0.2) is 4.98 Å². The van der Waals surface area contributed by atoms with Gasteiger partial charge < -0.3 is 0 Å². The molecule has 1 aromatic heterocycles. The van der Waals surface area contributed by atoms with Gasteiger partial charge in [0, 0.05) is 0 Å². The predicted octanol–water partition coefficient (Wildman–Crippen LogP) is 8.63. The molecular formula is C27H25F6N3. The third-order valence-electron chi connectivity index (χ3n) is 5.69. The summed E-state index contributed by atoms with van der Waals surface area (Å²) in [6.45, 7) is 9.71. The van der Waals surface area contributed by atoms with Gasteiger partial charge in [0.2, 0.25) is 0 Å². The maximum atomic E-state index is 13.1. The van der Waals surface area contributed by atoms with Crippen molar-refractivity contribution in [1.29, 1.82) is 0 Å². The van der Waals surface area contributed by atoms with E-state index in [1.165, 1.54) is 0 Å². The van der Waals surface area contributed by atoms with Crippen LogP contribution >= 0.6 is 0 Å². The van der Waals surface area contributed by atoms with Crippen LogP contribution in [0.25, 0.3) is 0 Å². The minimum absolute atomic E-state index is 0.392. The molecule has 0 radical (unpaired) electrons. The standard InChI is InChI=1S/C27H25F6N3/c1-14-10-20(26(28,29)30)11-15(2)24(14)34-18(5)22-8-7-9-23(36-22)19(6)35-25-16(3)12-21(13-17(25)4)27(31,32)33/h7-13H,1-6H3. The average Bonchev–Trinajstić information content (AvgIpc) is 2.77. The summed E-state index contributed by atoms with van der Waals surface area (Å²) in [6, 6.07) is 9.44. The van der Waals surface area contributed by atoms with Crippen LogP contribution < -0.4 is 0 Å². The average molecular weight is 506 g/mol. The van der Waals surface area contributed by atoms with Gasteiger partial charge in [-0.05, 0) is 100 Å². The van der Waals surface area contributed by atoms with E-state index >= 15 is 0 Å². The van der Waals surface area contributed by atoms with Crippen LogP contribution in [0.3, 0.4) is 0 Å². The van der Waals surface area contributed by atoms with Gasteiger partial charge in [0.25, 0.3) is 0 Å². The molecule has 0 bridgehead atoms. The first-order valence-electron chi connectivity index (χ1n) is 11.0. The summed E-state index contributed by atoms with van der Waals surface area (Å²) in [5.41, 5.74) is 2.99. The molecule has 0 N–H and O–H groups in total. The number of hydrogen-bond donors (Lipinski definition) is 0. The summed E-state index contributed by atoms with van der Waals surface area (Å²) < 4.78 is 78.6. The number of alkyl halides is 6. The van der Waals surface area contributed by atoms with E-state index in [1.54, 1.807) is 59.7 Å². The van der Waals surface area contributed by atoms with Crippen LogP contribution in [0, 0.1) is 27.7 Å². The van der Waals surface area contributed by atoms with Crippen LogP contribution in [-0.4, -0.2) is 16.4 Å². The first-order chi connectivity index (χ1) is 16.6. The fraction of sp³-hybridized carbons (Fsp3) is 0.296. The van der Waals surface area contributed by atoms with E-state index in [0.29, 0.717) is 56.4 Å². The van der Waals surface area contributed by atoms with Crippen molar-refractivity contribution in [1.82, 2.24) is 4.98 Å². The van der Waals surface area contributed by atoms with Gasteiger partial charge in [-0.2, -0.15) is 26.3 Å². The second-order valence-electron chi connectivity index (χ2n) is 8.72. The van der Waals surface area contributed by atoms with E-state index in [9.17, 15) is 26.3 Å². The molecule has 0 amide bonds. The van der Waals surface area contributed by atoms with E-state index in [1.807, 2.05) is 0 Å². The lowest BCUT2D eigenvalue weighted by molar-refractivity contribution is -0.138. The number of rotatable bonds is 4. The first-order valence-corrected chi connectivity index (χ1v) is 11.0. The van der Waals surface area contributed by atoms with E-state index < -0.39 is 23.5 Å². The topological polar surface area (TPSA) is 37.6 Å². The molecule has 0 fully saturated rings. The third kappa shape index (κ3) is 6.01. The van der Waals surface area contributed by atoms with Crippen molar-refractivity contribution < 1.29 is 26.3 Å². The summed E-state index contributed by atoms with van der Waals surface area (Å²) >= 11 is 0. The van der Waals surface area contributed by atoms with E-state index in [4.69, 9.17) is 0 Å². The van der Waals surface area contributed by atoms with E-state index in [-0.39, 0.29) is 0 Å². The summed E-state index contributed by atoms with van der Waals surface area (Å²) in [5, 5.41) is 0. The van der Waals surface area contributed by atoms with Gasteiger partial charge in [0.15, 0.2) is 0 Å². The second-order valence-corrected chi connectivity index (χ2v) is 8.72. The maximum Gasteiger partial charge on any atom is 0.416 e. The molecule has 0 spiro atoms. The molecule has 2 aromatic carbocycles. The number of aliphatic imine (C=N–C) groups is 2. The van der Waals surface area contributed by atoms with Crippen LogP contribution in [0.4, 0.5) is 37.7 Å². The Morgan fingerprint density at radius 3 is 1.19 bits per heavy atom. The molecule has 0 atom stereocenters. The number of nitrogens with zero attached hydrogens (tertiary/aromatic N) is 3. The minimum Gasteiger partial charge on any atom is -0.251 e. The molecule has 0 aliphatic rings. The lowest BCUT2D eigenvalue weighted by atomic mass is 10.0. The zero-order chi connectivity index (χ0) is 27.0. The van der Waals surface area contributed by atoms with Crippen LogP contribution in [0.5, 0.6) is 0 Å². The molecular weight excluding hydrogens is 480 g/mol. The van der Waals surface area contributed by atoms with E-state index in [2.05, 4.69) is 15.0 Å².